The van der Waals surface area contributed by atoms with E-state index in [2.05, 4.69) is 55.0 Å². The number of anilines is 2. The van der Waals surface area contributed by atoms with E-state index in [9.17, 15) is 4.79 Å². The fraction of sp³-hybridized carbons (Fsp3) is 0.409. The number of carbonyl (C=O) groups excluding carboxylic acids is 1. The van der Waals surface area contributed by atoms with Crippen LogP contribution in [0.5, 0.6) is 0 Å². The third kappa shape index (κ3) is 4.18. The van der Waals surface area contributed by atoms with Crippen LogP contribution < -0.4 is 9.80 Å². The van der Waals surface area contributed by atoms with E-state index in [1.807, 2.05) is 29.2 Å². The number of hydrogen-bond donors (Lipinski definition) is 0. The fourth-order valence-corrected chi connectivity index (χ4v) is 3.36. The minimum atomic E-state index is 0.140. The van der Waals surface area contributed by atoms with Crippen LogP contribution in [0.4, 0.5) is 11.4 Å². The minimum absolute atomic E-state index is 0.140. The predicted molar refractivity (Wildman–Crippen MR) is 109 cm³/mol. The first-order chi connectivity index (χ1) is 12.6. The highest BCUT2D eigenvalue weighted by atomic mass is 16.2. The van der Waals surface area contributed by atoms with Gasteiger partial charge in [-0.15, -0.1) is 0 Å². The Bertz CT molecular complexity index is 724. The minimum Gasteiger partial charge on any atom is -0.375 e. The van der Waals surface area contributed by atoms with E-state index in [1.54, 1.807) is 0 Å². The van der Waals surface area contributed by atoms with Crippen molar-refractivity contribution >= 4 is 17.3 Å². The molecule has 3 rings (SSSR count). The van der Waals surface area contributed by atoms with E-state index in [4.69, 9.17) is 0 Å². The van der Waals surface area contributed by atoms with Gasteiger partial charge in [-0.3, -0.25) is 4.79 Å². The van der Waals surface area contributed by atoms with Crippen molar-refractivity contribution in [2.45, 2.75) is 20.3 Å². The van der Waals surface area contributed by atoms with Gasteiger partial charge >= 0.3 is 0 Å². The normalized spacial score (nSPS) is 14.9. The molecular formula is C22H29N3O. The number of benzene rings is 2. The molecule has 0 atom stereocenters. The van der Waals surface area contributed by atoms with Crippen molar-refractivity contribution in [2.24, 2.45) is 0 Å². The Kier molecular flexibility index (Phi) is 5.82. The second-order valence-corrected chi connectivity index (χ2v) is 7.03. The molecular weight excluding hydrogens is 322 g/mol. The Labute approximate surface area is 157 Å². The quantitative estimate of drug-likeness (QED) is 0.838. The number of rotatable bonds is 4. The number of hydrogen-bond acceptors (Lipinski definition) is 3. The molecule has 0 saturated carbocycles. The molecule has 1 aliphatic rings. The Morgan fingerprint density at radius 2 is 1.65 bits per heavy atom. The number of carbonyl (C=O) groups is 1. The summed E-state index contributed by atoms with van der Waals surface area (Å²) in [5.74, 6) is 0.140. The highest BCUT2D eigenvalue weighted by Gasteiger charge is 2.20. The average molecular weight is 351 g/mol. The highest BCUT2D eigenvalue weighted by Crippen LogP contribution is 2.19. The molecule has 2 aromatic carbocycles. The van der Waals surface area contributed by atoms with Gasteiger partial charge in [0.05, 0.1) is 0 Å². The summed E-state index contributed by atoms with van der Waals surface area (Å²) >= 11 is 0. The SMILES string of the molecule is CCN(C)c1ccc(C(=O)N2CCCN(c3ccc(C)cc3)CC2)cc1. The first-order valence-corrected chi connectivity index (χ1v) is 9.50. The molecule has 138 valence electrons. The van der Waals surface area contributed by atoms with Crippen LogP contribution in [-0.4, -0.2) is 50.6 Å². The first-order valence-electron chi connectivity index (χ1n) is 9.50. The summed E-state index contributed by atoms with van der Waals surface area (Å²) < 4.78 is 0. The smallest absolute Gasteiger partial charge is 0.253 e. The van der Waals surface area contributed by atoms with Crippen molar-refractivity contribution in [2.75, 3.05) is 49.6 Å². The largest absolute Gasteiger partial charge is 0.375 e. The Morgan fingerprint density at radius 1 is 0.962 bits per heavy atom. The first kappa shape index (κ1) is 18.3. The van der Waals surface area contributed by atoms with E-state index in [-0.39, 0.29) is 5.91 Å². The van der Waals surface area contributed by atoms with E-state index < -0.39 is 0 Å². The highest BCUT2D eigenvalue weighted by molar-refractivity contribution is 5.94. The monoisotopic (exact) mass is 351 g/mol. The maximum Gasteiger partial charge on any atom is 0.253 e. The standard InChI is InChI=1S/C22H29N3O/c1-4-23(3)20-12-8-19(9-13-20)22(26)25-15-5-14-24(16-17-25)21-10-6-18(2)7-11-21/h6-13H,4-5,14-17H2,1-3H3. The van der Waals surface area contributed by atoms with E-state index in [0.29, 0.717) is 0 Å². The van der Waals surface area contributed by atoms with E-state index >= 15 is 0 Å². The van der Waals surface area contributed by atoms with Crippen molar-refractivity contribution in [3.05, 3.63) is 59.7 Å². The van der Waals surface area contributed by atoms with Gasteiger partial charge in [-0.05, 0) is 56.7 Å². The molecule has 0 unspecified atom stereocenters. The second-order valence-electron chi connectivity index (χ2n) is 7.03. The molecule has 2 aromatic rings. The molecule has 4 heteroatoms. The van der Waals surface area contributed by atoms with Crippen LogP contribution in [0.15, 0.2) is 48.5 Å². The van der Waals surface area contributed by atoms with Crippen molar-refractivity contribution in [1.29, 1.82) is 0 Å². The lowest BCUT2D eigenvalue weighted by Crippen LogP contribution is -2.35. The van der Waals surface area contributed by atoms with Crippen molar-refractivity contribution in [3.63, 3.8) is 0 Å². The summed E-state index contributed by atoms with van der Waals surface area (Å²) in [6.07, 6.45) is 0.996. The van der Waals surface area contributed by atoms with Crippen LogP contribution >= 0.6 is 0 Å². The predicted octanol–water partition coefficient (Wildman–Crippen LogP) is 3.80. The van der Waals surface area contributed by atoms with Gasteiger partial charge in [0, 0.05) is 56.7 Å². The van der Waals surface area contributed by atoms with Crippen molar-refractivity contribution in [1.82, 2.24) is 4.90 Å². The summed E-state index contributed by atoms with van der Waals surface area (Å²) in [4.78, 5) is 19.4. The van der Waals surface area contributed by atoms with Crippen LogP contribution in [0.2, 0.25) is 0 Å². The van der Waals surface area contributed by atoms with Gasteiger partial charge in [0.15, 0.2) is 0 Å². The Hall–Kier alpha value is -2.49. The molecule has 1 heterocycles. The molecule has 0 aromatic heterocycles. The molecule has 0 N–H and O–H groups in total. The van der Waals surface area contributed by atoms with Crippen LogP contribution in [-0.2, 0) is 0 Å². The number of nitrogens with zero attached hydrogens (tertiary/aromatic N) is 3. The van der Waals surface area contributed by atoms with Crippen LogP contribution in [0, 0.1) is 6.92 Å². The molecule has 1 amide bonds. The molecule has 26 heavy (non-hydrogen) atoms. The summed E-state index contributed by atoms with van der Waals surface area (Å²) in [6.45, 7) is 8.64. The van der Waals surface area contributed by atoms with Gasteiger partial charge in [-0.2, -0.15) is 0 Å². The zero-order valence-electron chi connectivity index (χ0n) is 16.1. The Balaban J connectivity index is 1.64. The maximum absolute atomic E-state index is 12.9. The molecule has 0 bridgehead atoms. The maximum atomic E-state index is 12.9. The van der Waals surface area contributed by atoms with E-state index in [1.165, 1.54) is 11.3 Å². The van der Waals surface area contributed by atoms with Gasteiger partial charge in [0.2, 0.25) is 0 Å². The third-order valence-corrected chi connectivity index (χ3v) is 5.21. The van der Waals surface area contributed by atoms with Gasteiger partial charge in [-0.1, -0.05) is 17.7 Å². The lowest BCUT2D eigenvalue weighted by atomic mass is 10.1. The van der Waals surface area contributed by atoms with Crippen LogP contribution in [0.1, 0.15) is 29.3 Å². The van der Waals surface area contributed by atoms with Gasteiger partial charge < -0.3 is 14.7 Å². The summed E-state index contributed by atoms with van der Waals surface area (Å²) in [5, 5.41) is 0. The molecule has 1 fully saturated rings. The fourth-order valence-electron chi connectivity index (χ4n) is 3.36. The molecule has 0 aliphatic carbocycles. The molecule has 0 radical (unpaired) electrons. The topological polar surface area (TPSA) is 26.8 Å². The van der Waals surface area contributed by atoms with Crippen molar-refractivity contribution < 1.29 is 4.79 Å². The average Bonchev–Trinajstić information content (AvgIpc) is 2.94. The second kappa shape index (κ2) is 8.26. The Morgan fingerprint density at radius 3 is 2.31 bits per heavy atom. The molecule has 1 aliphatic heterocycles. The molecule has 1 saturated heterocycles. The summed E-state index contributed by atoms with van der Waals surface area (Å²) in [7, 11) is 2.06. The van der Waals surface area contributed by atoms with Crippen molar-refractivity contribution in [3.8, 4) is 0 Å². The van der Waals surface area contributed by atoms with E-state index in [0.717, 1.165) is 50.4 Å². The number of amides is 1. The zero-order chi connectivity index (χ0) is 18.5. The third-order valence-electron chi connectivity index (χ3n) is 5.21. The lowest BCUT2D eigenvalue weighted by molar-refractivity contribution is 0.0767. The van der Waals surface area contributed by atoms with Gasteiger partial charge in [0.1, 0.15) is 0 Å². The molecule has 0 spiro atoms. The van der Waals surface area contributed by atoms with Crippen LogP contribution in [0.3, 0.4) is 0 Å². The van der Waals surface area contributed by atoms with Crippen LogP contribution in [0.25, 0.3) is 0 Å². The molecule has 4 nitrogen and oxygen atoms in total. The zero-order valence-corrected chi connectivity index (χ0v) is 16.1. The summed E-state index contributed by atoms with van der Waals surface area (Å²) in [5.41, 5.74) is 4.45. The van der Waals surface area contributed by atoms with Gasteiger partial charge in [0.25, 0.3) is 5.91 Å². The number of aryl methyl sites for hydroxylation is 1. The summed E-state index contributed by atoms with van der Waals surface area (Å²) in [6, 6.07) is 16.6. The lowest BCUT2D eigenvalue weighted by Gasteiger charge is -2.24. The van der Waals surface area contributed by atoms with Gasteiger partial charge in [-0.25, -0.2) is 0 Å².